The zero-order valence-corrected chi connectivity index (χ0v) is 8.84. The van der Waals surface area contributed by atoms with Crippen LogP contribution in [-0.4, -0.2) is 0 Å². The number of allylic oxidation sites excluding steroid dienone is 4. The van der Waals surface area contributed by atoms with E-state index in [2.05, 4.69) is 55.7 Å². The molecule has 0 saturated heterocycles. The Labute approximate surface area is 83.6 Å². The van der Waals surface area contributed by atoms with Gasteiger partial charge in [-0.3, -0.25) is 0 Å². The Kier molecular flexibility index (Phi) is 2.12. The highest BCUT2D eigenvalue weighted by atomic mass is 32.1. The van der Waals surface area contributed by atoms with E-state index in [1.165, 1.54) is 4.88 Å². The Hall–Kier alpha value is -0.820. The first-order valence-corrected chi connectivity index (χ1v) is 5.48. The zero-order valence-electron chi connectivity index (χ0n) is 8.03. The molecule has 13 heavy (non-hydrogen) atoms. The summed E-state index contributed by atoms with van der Waals surface area (Å²) in [5.41, 5.74) is 0.248. The highest BCUT2D eigenvalue weighted by Gasteiger charge is 2.29. The van der Waals surface area contributed by atoms with E-state index in [1.807, 2.05) is 11.3 Å². The number of thiophene rings is 1. The quantitative estimate of drug-likeness (QED) is 0.666. The Bertz CT molecular complexity index is 316. The maximum atomic E-state index is 2.31. The standard InChI is InChI=1S/C12H14S/c1-12(2,10-6-3-4-7-10)11-8-5-9-13-11/h3-10H,1-2H3. The molecular formula is C12H14S. The monoisotopic (exact) mass is 190 g/mol. The highest BCUT2D eigenvalue weighted by Crippen LogP contribution is 2.37. The van der Waals surface area contributed by atoms with E-state index in [1.54, 1.807) is 0 Å². The van der Waals surface area contributed by atoms with E-state index in [-0.39, 0.29) is 5.41 Å². The van der Waals surface area contributed by atoms with Gasteiger partial charge in [-0.25, -0.2) is 0 Å². The largest absolute Gasteiger partial charge is 0.148 e. The fourth-order valence-corrected chi connectivity index (χ4v) is 2.62. The molecule has 1 heteroatoms. The molecule has 2 rings (SSSR count). The summed E-state index contributed by atoms with van der Waals surface area (Å²) < 4.78 is 0. The van der Waals surface area contributed by atoms with Crippen molar-refractivity contribution in [2.24, 2.45) is 5.92 Å². The fraction of sp³-hybridized carbons (Fsp3) is 0.333. The van der Waals surface area contributed by atoms with Gasteiger partial charge >= 0.3 is 0 Å². The molecule has 0 unspecified atom stereocenters. The lowest BCUT2D eigenvalue weighted by Crippen LogP contribution is -2.23. The third kappa shape index (κ3) is 1.49. The average Bonchev–Trinajstić information content (AvgIpc) is 2.78. The Morgan fingerprint density at radius 1 is 1.23 bits per heavy atom. The normalized spacial score (nSPS) is 17.1. The van der Waals surface area contributed by atoms with Crippen LogP contribution >= 0.6 is 11.3 Å². The van der Waals surface area contributed by atoms with E-state index in [0.29, 0.717) is 5.92 Å². The predicted molar refractivity (Wildman–Crippen MR) is 59.1 cm³/mol. The summed E-state index contributed by atoms with van der Waals surface area (Å²) in [7, 11) is 0. The van der Waals surface area contributed by atoms with Crippen LogP contribution in [0.1, 0.15) is 18.7 Å². The van der Waals surface area contributed by atoms with Crippen LogP contribution in [0.25, 0.3) is 0 Å². The summed E-state index contributed by atoms with van der Waals surface area (Å²) in [6.45, 7) is 4.62. The number of rotatable bonds is 2. The van der Waals surface area contributed by atoms with Crippen molar-refractivity contribution in [2.45, 2.75) is 19.3 Å². The topological polar surface area (TPSA) is 0 Å². The lowest BCUT2D eigenvalue weighted by molar-refractivity contribution is 0.457. The van der Waals surface area contributed by atoms with Crippen molar-refractivity contribution < 1.29 is 0 Å². The maximum absolute atomic E-state index is 2.31. The van der Waals surface area contributed by atoms with Gasteiger partial charge in [0.1, 0.15) is 0 Å². The molecule has 68 valence electrons. The van der Waals surface area contributed by atoms with Gasteiger partial charge in [0.25, 0.3) is 0 Å². The first-order valence-electron chi connectivity index (χ1n) is 4.60. The summed E-state index contributed by atoms with van der Waals surface area (Å²) in [6, 6.07) is 4.36. The van der Waals surface area contributed by atoms with Crippen molar-refractivity contribution in [3.05, 3.63) is 46.7 Å². The molecule has 1 aliphatic carbocycles. The van der Waals surface area contributed by atoms with Crippen molar-refractivity contribution >= 4 is 11.3 Å². The van der Waals surface area contributed by atoms with E-state index >= 15 is 0 Å². The molecule has 0 spiro atoms. The van der Waals surface area contributed by atoms with Gasteiger partial charge in [0.05, 0.1) is 0 Å². The molecule has 0 N–H and O–H groups in total. The van der Waals surface area contributed by atoms with Crippen molar-refractivity contribution in [1.29, 1.82) is 0 Å². The van der Waals surface area contributed by atoms with Gasteiger partial charge in [0.15, 0.2) is 0 Å². The van der Waals surface area contributed by atoms with Crippen LogP contribution in [0.3, 0.4) is 0 Å². The second kappa shape index (κ2) is 3.15. The van der Waals surface area contributed by atoms with Gasteiger partial charge in [0, 0.05) is 16.2 Å². The second-order valence-corrected chi connectivity index (χ2v) is 4.94. The molecule has 1 aliphatic rings. The molecule has 1 heterocycles. The second-order valence-electron chi connectivity index (χ2n) is 3.99. The van der Waals surface area contributed by atoms with Crippen molar-refractivity contribution in [3.63, 3.8) is 0 Å². The summed E-state index contributed by atoms with van der Waals surface area (Å²) in [5, 5.41) is 2.15. The molecule has 0 nitrogen and oxygen atoms in total. The molecule has 0 amide bonds. The zero-order chi connectivity index (χ0) is 9.31. The maximum Gasteiger partial charge on any atom is 0.0111 e. The lowest BCUT2D eigenvalue weighted by Gasteiger charge is -2.28. The Morgan fingerprint density at radius 2 is 1.92 bits per heavy atom. The van der Waals surface area contributed by atoms with Crippen LogP contribution in [0.5, 0.6) is 0 Å². The minimum atomic E-state index is 0.248. The van der Waals surface area contributed by atoms with Crippen LogP contribution in [0.2, 0.25) is 0 Å². The van der Waals surface area contributed by atoms with E-state index in [4.69, 9.17) is 0 Å². The molecule has 0 atom stereocenters. The molecule has 0 aliphatic heterocycles. The molecule has 0 radical (unpaired) electrons. The minimum absolute atomic E-state index is 0.248. The SMILES string of the molecule is CC(C)(c1cccs1)C1C=CC=C1. The van der Waals surface area contributed by atoms with Crippen LogP contribution in [0.4, 0.5) is 0 Å². The smallest absolute Gasteiger partial charge is 0.0111 e. The van der Waals surface area contributed by atoms with E-state index < -0.39 is 0 Å². The summed E-state index contributed by atoms with van der Waals surface area (Å²) in [5.74, 6) is 0.561. The van der Waals surface area contributed by atoms with E-state index in [9.17, 15) is 0 Å². The van der Waals surface area contributed by atoms with Gasteiger partial charge in [-0.1, -0.05) is 44.2 Å². The van der Waals surface area contributed by atoms with Gasteiger partial charge in [-0.15, -0.1) is 11.3 Å². The van der Waals surface area contributed by atoms with Gasteiger partial charge < -0.3 is 0 Å². The molecule has 0 saturated carbocycles. The lowest BCUT2D eigenvalue weighted by atomic mass is 9.78. The first kappa shape index (κ1) is 8.76. The Balaban J connectivity index is 2.30. The van der Waals surface area contributed by atoms with Gasteiger partial charge in [-0.2, -0.15) is 0 Å². The third-order valence-electron chi connectivity index (χ3n) is 2.74. The molecule has 1 aromatic rings. The fourth-order valence-electron chi connectivity index (χ4n) is 1.72. The molecule has 1 aromatic heterocycles. The highest BCUT2D eigenvalue weighted by molar-refractivity contribution is 7.10. The average molecular weight is 190 g/mol. The van der Waals surface area contributed by atoms with Crippen LogP contribution in [-0.2, 0) is 5.41 Å². The first-order chi connectivity index (χ1) is 6.21. The van der Waals surface area contributed by atoms with Gasteiger partial charge in [-0.05, 0) is 11.4 Å². The minimum Gasteiger partial charge on any atom is -0.148 e. The number of hydrogen-bond donors (Lipinski definition) is 0. The van der Waals surface area contributed by atoms with Crippen LogP contribution in [0.15, 0.2) is 41.8 Å². The van der Waals surface area contributed by atoms with Crippen molar-refractivity contribution in [1.82, 2.24) is 0 Å². The van der Waals surface area contributed by atoms with Crippen LogP contribution < -0.4 is 0 Å². The molecule has 0 bridgehead atoms. The summed E-state index contributed by atoms with van der Waals surface area (Å²) in [4.78, 5) is 1.47. The summed E-state index contributed by atoms with van der Waals surface area (Å²) >= 11 is 1.85. The third-order valence-corrected chi connectivity index (χ3v) is 3.95. The van der Waals surface area contributed by atoms with E-state index in [0.717, 1.165) is 0 Å². The van der Waals surface area contributed by atoms with Crippen molar-refractivity contribution in [2.75, 3.05) is 0 Å². The molecular weight excluding hydrogens is 176 g/mol. The summed E-state index contributed by atoms with van der Waals surface area (Å²) in [6.07, 6.45) is 8.83. The van der Waals surface area contributed by atoms with Crippen LogP contribution in [0, 0.1) is 5.92 Å². The van der Waals surface area contributed by atoms with Crippen molar-refractivity contribution in [3.8, 4) is 0 Å². The number of hydrogen-bond acceptors (Lipinski definition) is 1. The van der Waals surface area contributed by atoms with Gasteiger partial charge in [0.2, 0.25) is 0 Å². The Morgan fingerprint density at radius 3 is 2.46 bits per heavy atom. The molecule has 0 aromatic carbocycles. The molecule has 0 fully saturated rings. The predicted octanol–water partition coefficient (Wildman–Crippen LogP) is 3.77.